The minimum Gasteiger partial charge on any atom is -0.325 e. The number of nitrogens with zero attached hydrogens (tertiary/aromatic N) is 2. The minimum atomic E-state index is -0.0728. The highest BCUT2D eigenvalue weighted by Crippen LogP contribution is 2.33. The van der Waals surface area contributed by atoms with E-state index in [9.17, 15) is 4.79 Å². The van der Waals surface area contributed by atoms with E-state index in [-0.39, 0.29) is 11.7 Å². The van der Waals surface area contributed by atoms with E-state index in [0.29, 0.717) is 5.02 Å². The lowest BCUT2D eigenvalue weighted by Gasteiger charge is -2.12. The van der Waals surface area contributed by atoms with Crippen molar-refractivity contribution in [3.63, 3.8) is 0 Å². The van der Waals surface area contributed by atoms with Gasteiger partial charge in [-0.15, -0.1) is 0 Å². The summed E-state index contributed by atoms with van der Waals surface area (Å²) in [7, 11) is 0. The zero-order valence-electron chi connectivity index (χ0n) is 18.2. The number of rotatable bonds is 6. The van der Waals surface area contributed by atoms with E-state index in [1.165, 1.54) is 11.8 Å². The lowest BCUT2D eigenvalue weighted by molar-refractivity contribution is -0.113. The number of hydrogen-bond acceptors (Lipinski definition) is 3. The molecule has 1 aromatic heterocycles. The summed E-state index contributed by atoms with van der Waals surface area (Å²) in [4.78, 5) is 17.6. The van der Waals surface area contributed by atoms with Crippen LogP contribution in [0, 0.1) is 20.8 Å². The minimum absolute atomic E-state index is 0.0728. The normalized spacial score (nSPS) is 10.9. The fourth-order valence-corrected chi connectivity index (χ4v) is 4.63. The second-order valence-corrected chi connectivity index (χ2v) is 8.92. The van der Waals surface area contributed by atoms with E-state index in [2.05, 4.69) is 5.32 Å². The Balaban J connectivity index is 1.65. The highest BCUT2D eigenvalue weighted by Gasteiger charge is 2.19. The highest BCUT2D eigenvalue weighted by molar-refractivity contribution is 7.99. The van der Waals surface area contributed by atoms with Crippen molar-refractivity contribution in [1.82, 2.24) is 9.55 Å². The second-order valence-electron chi connectivity index (χ2n) is 7.57. The van der Waals surface area contributed by atoms with Gasteiger partial charge in [0, 0.05) is 16.9 Å². The van der Waals surface area contributed by atoms with Crippen LogP contribution in [0.3, 0.4) is 0 Å². The number of imidazole rings is 1. The van der Waals surface area contributed by atoms with Gasteiger partial charge in [0.25, 0.3) is 0 Å². The fraction of sp³-hybridized carbons (Fsp3) is 0.154. The Bertz CT molecular complexity index is 1270. The molecule has 4 nitrogen and oxygen atoms in total. The molecule has 0 aliphatic carbocycles. The molecule has 0 atom stereocenters. The molecular weight excluding hydrogens is 438 g/mol. The number of carbonyl (C=O) groups excluding carboxylic acids is 1. The van der Waals surface area contributed by atoms with E-state index >= 15 is 0 Å². The predicted octanol–water partition coefficient (Wildman–Crippen LogP) is 6.85. The van der Waals surface area contributed by atoms with Gasteiger partial charge < -0.3 is 5.32 Å². The number of nitrogens with one attached hydrogen (secondary N) is 1. The molecule has 32 heavy (non-hydrogen) atoms. The van der Waals surface area contributed by atoms with Gasteiger partial charge >= 0.3 is 0 Å². The largest absolute Gasteiger partial charge is 0.325 e. The van der Waals surface area contributed by atoms with E-state index in [0.717, 1.165) is 44.6 Å². The molecule has 0 spiro atoms. The number of aromatic nitrogens is 2. The third kappa shape index (κ3) is 4.59. The van der Waals surface area contributed by atoms with Gasteiger partial charge in [0.05, 0.1) is 22.2 Å². The standard InChI is InChI=1S/C26H24ClN3OS/c1-17-10-9-14-22(18(17)2)28-24(31)16-32-26-29-25(20-11-5-4-6-12-20)19(3)30(26)23-15-8-7-13-21(23)27/h4-15H,16H2,1-3H3,(H,28,31). The van der Waals surface area contributed by atoms with Gasteiger partial charge in [-0.2, -0.15) is 0 Å². The first-order chi connectivity index (χ1) is 15.5. The summed E-state index contributed by atoms with van der Waals surface area (Å²) in [6.45, 7) is 6.07. The molecule has 162 valence electrons. The van der Waals surface area contributed by atoms with Crippen molar-refractivity contribution in [2.24, 2.45) is 0 Å². The number of benzene rings is 3. The Hall–Kier alpha value is -3.02. The summed E-state index contributed by atoms with van der Waals surface area (Å²) in [5.41, 5.74) is 6.78. The summed E-state index contributed by atoms with van der Waals surface area (Å²) in [6.07, 6.45) is 0. The van der Waals surface area contributed by atoms with Crippen LogP contribution in [-0.4, -0.2) is 21.2 Å². The molecule has 0 radical (unpaired) electrons. The summed E-state index contributed by atoms with van der Waals surface area (Å²) in [5, 5.41) is 4.38. The van der Waals surface area contributed by atoms with Crippen LogP contribution in [0.1, 0.15) is 16.8 Å². The van der Waals surface area contributed by atoms with Crippen LogP contribution in [0.25, 0.3) is 16.9 Å². The molecular formula is C26H24ClN3OS. The number of carbonyl (C=O) groups is 1. The monoisotopic (exact) mass is 461 g/mol. The lowest BCUT2D eigenvalue weighted by Crippen LogP contribution is -2.15. The van der Waals surface area contributed by atoms with E-state index < -0.39 is 0 Å². The summed E-state index contributed by atoms with van der Waals surface area (Å²) < 4.78 is 2.03. The van der Waals surface area contributed by atoms with Crippen LogP contribution in [-0.2, 0) is 4.79 Å². The Morgan fingerprint density at radius 2 is 1.69 bits per heavy atom. The Kier molecular flexibility index (Phi) is 6.68. The van der Waals surface area contributed by atoms with Crippen LogP contribution >= 0.6 is 23.4 Å². The first-order valence-corrected chi connectivity index (χ1v) is 11.7. The number of para-hydroxylation sites is 1. The molecule has 0 unspecified atom stereocenters. The van der Waals surface area contributed by atoms with Crippen LogP contribution in [0.15, 0.2) is 78.0 Å². The van der Waals surface area contributed by atoms with Crippen molar-refractivity contribution in [3.05, 3.63) is 94.6 Å². The summed E-state index contributed by atoms with van der Waals surface area (Å²) >= 11 is 7.92. The highest BCUT2D eigenvalue weighted by atomic mass is 35.5. The molecule has 4 aromatic rings. The molecule has 0 bridgehead atoms. The molecule has 0 fully saturated rings. The number of hydrogen-bond donors (Lipinski definition) is 1. The van der Waals surface area contributed by atoms with Crippen LogP contribution < -0.4 is 5.32 Å². The van der Waals surface area contributed by atoms with Gasteiger partial charge in [-0.1, -0.05) is 78.0 Å². The van der Waals surface area contributed by atoms with E-state index in [1.807, 2.05) is 98.1 Å². The average Bonchev–Trinajstić information content (AvgIpc) is 3.12. The van der Waals surface area contributed by atoms with Gasteiger partial charge in [0.2, 0.25) is 5.91 Å². The maximum atomic E-state index is 12.7. The molecule has 0 saturated heterocycles. The molecule has 1 N–H and O–H groups in total. The number of anilines is 1. The van der Waals surface area contributed by atoms with Gasteiger partial charge in [-0.3, -0.25) is 9.36 Å². The summed E-state index contributed by atoms with van der Waals surface area (Å²) in [6, 6.07) is 23.6. The average molecular weight is 462 g/mol. The van der Waals surface area contributed by atoms with Crippen molar-refractivity contribution in [1.29, 1.82) is 0 Å². The first kappa shape index (κ1) is 22.2. The number of aryl methyl sites for hydroxylation is 1. The predicted molar refractivity (Wildman–Crippen MR) is 134 cm³/mol. The van der Waals surface area contributed by atoms with Crippen LogP contribution in [0.2, 0.25) is 5.02 Å². The molecule has 3 aromatic carbocycles. The Morgan fingerprint density at radius 3 is 2.44 bits per heavy atom. The number of thioether (sulfide) groups is 1. The number of amides is 1. The number of halogens is 1. The fourth-order valence-electron chi connectivity index (χ4n) is 3.56. The topological polar surface area (TPSA) is 46.9 Å². The van der Waals surface area contributed by atoms with Crippen LogP contribution in [0.5, 0.6) is 0 Å². The Morgan fingerprint density at radius 1 is 0.969 bits per heavy atom. The van der Waals surface area contributed by atoms with Gasteiger partial charge in [-0.25, -0.2) is 4.98 Å². The van der Waals surface area contributed by atoms with Gasteiger partial charge in [0.15, 0.2) is 5.16 Å². The maximum Gasteiger partial charge on any atom is 0.234 e. The Labute approximate surface area is 197 Å². The van der Waals surface area contributed by atoms with Crippen molar-refractivity contribution in [2.45, 2.75) is 25.9 Å². The second kappa shape index (κ2) is 9.63. The van der Waals surface area contributed by atoms with Crippen molar-refractivity contribution >= 4 is 35.0 Å². The molecule has 6 heteroatoms. The molecule has 0 aliphatic heterocycles. The smallest absolute Gasteiger partial charge is 0.234 e. The first-order valence-electron chi connectivity index (χ1n) is 10.3. The zero-order chi connectivity index (χ0) is 22.7. The van der Waals surface area contributed by atoms with Crippen LogP contribution in [0.4, 0.5) is 5.69 Å². The SMILES string of the molecule is Cc1cccc(NC(=O)CSc2nc(-c3ccccc3)c(C)n2-c2ccccc2Cl)c1C. The van der Waals surface area contributed by atoms with Crippen molar-refractivity contribution < 1.29 is 4.79 Å². The van der Waals surface area contributed by atoms with Crippen molar-refractivity contribution in [2.75, 3.05) is 11.1 Å². The van der Waals surface area contributed by atoms with E-state index in [1.54, 1.807) is 0 Å². The molecule has 0 aliphatic rings. The van der Waals surface area contributed by atoms with Crippen molar-refractivity contribution in [3.8, 4) is 16.9 Å². The third-order valence-electron chi connectivity index (χ3n) is 5.43. The van der Waals surface area contributed by atoms with E-state index in [4.69, 9.17) is 16.6 Å². The molecule has 0 saturated carbocycles. The maximum absolute atomic E-state index is 12.7. The molecule has 1 amide bonds. The van der Waals surface area contributed by atoms with Gasteiger partial charge in [0.1, 0.15) is 0 Å². The lowest BCUT2D eigenvalue weighted by atomic mass is 10.1. The zero-order valence-corrected chi connectivity index (χ0v) is 19.8. The van der Waals surface area contributed by atoms with Gasteiger partial charge in [-0.05, 0) is 50.1 Å². The molecule has 4 rings (SSSR count). The molecule has 1 heterocycles. The quantitative estimate of drug-likeness (QED) is 0.319. The summed E-state index contributed by atoms with van der Waals surface area (Å²) in [5.74, 6) is 0.166. The third-order valence-corrected chi connectivity index (χ3v) is 6.69.